The number of carbonyl (C=O) groups excluding carboxylic acids is 1. The third-order valence-corrected chi connectivity index (χ3v) is 5.19. The molecule has 0 unspecified atom stereocenters. The van der Waals surface area contributed by atoms with Gasteiger partial charge in [-0.05, 0) is 73.5 Å². The number of halogens is 2. The van der Waals surface area contributed by atoms with Crippen molar-refractivity contribution in [1.82, 2.24) is 14.8 Å². The van der Waals surface area contributed by atoms with Crippen molar-refractivity contribution in [3.05, 3.63) is 94.0 Å². The molecular weight excluding hydrogens is 447 g/mol. The average Bonchev–Trinajstić information content (AvgIpc) is 3.16. The summed E-state index contributed by atoms with van der Waals surface area (Å²) in [6.45, 7) is 3.86. The number of anilines is 1. The third kappa shape index (κ3) is 4.02. The van der Waals surface area contributed by atoms with E-state index in [0.29, 0.717) is 17.1 Å². The summed E-state index contributed by atoms with van der Waals surface area (Å²) in [7, 11) is 0. The van der Waals surface area contributed by atoms with Crippen molar-refractivity contribution < 1.29 is 9.18 Å². The lowest BCUT2D eigenvalue weighted by molar-refractivity contribution is 0.101. The molecule has 0 aliphatic rings. The molecule has 7 heteroatoms. The summed E-state index contributed by atoms with van der Waals surface area (Å²) in [6, 6.07) is 19.2. The van der Waals surface area contributed by atoms with Gasteiger partial charge in [0.2, 0.25) is 5.82 Å². The molecule has 0 atom stereocenters. The Kier molecular flexibility index (Phi) is 5.46. The van der Waals surface area contributed by atoms with Crippen LogP contribution in [0, 0.1) is 19.7 Å². The van der Waals surface area contributed by atoms with Crippen molar-refractivity contribution in [1.29, 1.82) is 0 Å². The number of nitrogens with zero attached hydrogens (tertiary/aromatic N) is 3. The molecule has 4 rings (SSSR count). The number of hydrogen-bond donors (Lipinski definition) is 1. The van der Waals surface area contributed by atoms with E-state index in [1.165, 1.54) is 12.1 Å². The molecule has 0 saturated carbocycles. The molecule has 1 heterocycles. The van der Waals surface area contributed by atoms with Crippen molar-refractivity contribution >= 4 is 27.5 Å². The van der Waals surface area contributed by atoms with E-state index < -0.39 is 5.91 Å². The Labute approximate surface area is 181 Å². The minimum atomic E-state index is -0.420. The predicted molar refractivity (Wildman–Crippen MR) is 118 cm³/mol. The fraction of sp³-hybridized carbons (Fsp3) is 0.0870. The maximum atomic E-state index is 13.4. The lowest BCUT2D eigenvalue weighted by atomic mass is 10.1. The molecule has 0 radical (unpaired) electrons. The van der Waals surface area contributed by atoms with Crippen LogP contribution in [-0.4, -0.2) is 20.7 Å². The van der Waals surface area contributed by atoms with E-state index in [2.05, 4.69) is 31.3 Å². The Balaban J connectivity index is 1.77. The van der Waals surface area contributed by atoms with Crippen LogP contribution in [0.5, 0.6) is 0 Å². The van der Waals surface area contributed by atoms with Gasteiger partial charge in [0.05, 0.1) is 5.69 Å². The Morgan fingerprint density at radius 1 is 1.00 bits per heavy atom. The molecule has 0 aliphatic heterocycles. The predicted octanol–water partition coefficient (Wildman–Crippen LogP) is 5.71. The number of para-hydroxylation sites is 1. The number of benzene rings is 3. The molecule has 0 bridgehead atoms. The van der Waals surface area contributed by atoms with Gasteiger partial charge in [0.15, 0.2) is 5.82 Å². The molecular formula is C23H18BrFN4O. The zero-order chi connectivity index (χ0) is 21.3. The summed E-state index contributed by atoms with van der Waals surface area (Å²) in [5.41, 5.74) is 4.02. The Morgan fingerprint density at radius 3 is 2.43 bits per heavy atom. The van der Waals surface area contributed by atoms with Gasteiger partial charge in [0.25, 0.3) is 5.91 Å². The molecule has 1 aromatic heterocycles. The van der Waals surface area contributed by atoms with E-state index in [9.17, 15) is 9.18 Å². The van der Waals surface area contributed by atoms with Gasteiger partial charge < -0.3 is 5.32 Å². The van der Waals surface area contributed by atoms with E-state index >= 15 is 0 Å². The van der Waals surface area contributed by atoms with E-state index in [4.69, 9.17) is 0 Å². The van der Waals surface area contributed by atoms with Crippen molar-refractivity contribution in [2.45, 2.75) is 13.8 Å². The molecule has 0 aliphatic carbocycles. The maximum Gasteiger partial charge on any atom is 0.295 e. The van der Waals surface area contributed by atoms with Crippen LogP contribution in [0.1, 0.15) is 21.7 Å². The number of hydrogen-bond acceptors (Lipinski definition) is 3. The van der Waals surface area contributed by atoms with Gasteiger partial charge in [-0.1, -0.05) is 34.1 Å². The van der Waals surface area contributed by atoms with Gasteiger partial charge in [-0.15, -0.1) is 5.10 Å². The fourth-order valence-electron chi connectivity index (χ4n) is 3.11. The molecule has 0 spiro atoms. The zero-order valence-corrected chi connectivity index (χ0v) is 17.9. The second-order valence-electron chi connectivity index (χ2n) is 6.88. The van der Waals surface area contributed by atoms with Gasteiger partial charge in [-0.25, -0.2) is 14.1 Å². The summed E-state index contributed by atoms with van der Waals surface area (Å²) in [5.74, 6) is -0.276. The number of carbonyl (C=O) groups is 1. The van der Waals surface area contributed by atoms with Crippen LogP contribution in [0.25, 0.3) is 17.1 Å². The second-order valence-corrected chi connectivity index (χ2v) is 7.79. The second kappa shape index (κ2) is 8.20. The molecule has 0 saturated heterocycles. The number of aromatic nitrogens is 3. The first-order valence-electron chi connectivity index (χ1n) is 9.29. The zero-order valence-electron chi connectivity index (χ0n) is 16.4. The van der Waals surface area contributed by atoms with Crippen LogP contribution in [0.4, 0.5) is 10.1 Å². The standard InChI is InChI=1S/C23H18BrFN4O/c1-14-5-3-4-6-20(14)29-22(16-7-10-18(25)11-8-16)27-21(28-29)23(30)26-19-12-9-17(24)13-15(19)2/h3-13H,1-2H3,(H,26,30). The van der Waals surface area contributed by atoms with Crippen molar-refractivity contribution in [3.8, 4) is 17.1 Å². The highest BCUT2D eigenvalue weighted by Crippen LogP contribution is 2.25. The maximum absolute atomic E-state index is 13.4. The van der Waals surface area contributed by atoms with Crippen molar-refractivity contribution in [2.75, 3.05) is 5.32 Å². The highest BCUT2D eigenvalue weighted by Gasteiger charge is 2.20. The largest absolute Gasteiger partial charge is 0.319 e. The SMILES string of the molecule is Cc1cc(Br)ccc1NC(=O)c1nc(-c2ccc(F)cc2)n(-c2ccccc2C)n1. The van der Waals surface area contributed by atoms with Crippen LogP contribution in [0.2, 0.25) is 0 Å². The quantitative estimate of drug-likeness (QED) is 0.420. The van der Waals surface area contributed by atoms with Crippen LogP contribution in [0.3, 0.4) is 0 Å². The first kappa shape index (κ1) is 20.0. The third-order valence-electron chi connectivity index (χ3n) is 4.69. The minimum absolute atomic E-state index is 0.0277. The molecule has 5 nitrogen and oxygen atoms in total. The molecule has 0 fully saturated rings. The van der Waals surface area contributed by atoms with E-state index in [0.717, 1.165) is 21.3 Å². The van der Waals surface area contributed by atoms with Crippen LogP contribution < -0.4 is 5.32 Å². The molecule has 1 amide bonds. The number of aryl methyl sites for hydroxylation is 2. The van der Waals surface area contributed by atoms with Crippen LogP contribution >= 0.6 is 15.9 Å². The Morgan fingerprint density at radius 2 is 1.73 bits per heavy atom. The normalized spacial score (nSPS) is 10.8. The smallest absolute Gasteiger partial charge is 0.295 e. The minimum Gasteiger partial charge on any atom is -0.319 e. The van der Waals surface area contributed by atoms with Gasteiger partial charge in [0, 0.05) is 15.7 Å². The first-order chi connectivity index (χ1) is 14.4. The van der Waals surface area contributed by atoms with Crippen LogP contribution in [0.15, 0.2) is 71.2 Å². The Bertz CT molecular complexity index is 1230. The summed E-state index contributed by atoms with van der Waals surface area (Å²) in [5, 5.41) is 7.34. The number of nitrogens with one attached hydrogen (secondary N) is 1. The van der Waals surface area contributed by atoms with Gasteiger partial charge in [-0.3, -0.25) is 4.79 Å². The van der Waals surface area contributed by atoms with Crippen molar-refractivity contribution in [2.24, 2.45) is 0 Å². The van der Waals surface area contributed by atoms with Gasteiger partial charge in [0.1, 0.15) is 5.82 Å². The number of amides is 1. The monoisotopic (exact) mass is 464 g/mol. The summed E-state index contributed by atoms with van der Waals surface area (Å²) < 4.78 is 16.0. The van der Waals surface area contributed by atoms with E-state index in [1.807, 2.05) is 56.3 Å². The van der Waals surface area contributed by atoms with E-state index in [1.54, 1.807) is 16.8 Å². The summed E-state index contributed by atoms with van der Waals surface area (Å²) in [4.78, 5) is 17.4. The lowest BCUT2D eigenvalue weighted by Gasteiger charge is -2.08. The highest BCUT2D eigenvalue weighted by molar-refractivity contribution is 9.10. The first-order valence-corrected chi connectivity index (χ1v) is 10.1. The Hall–Kier alpha value is -3.32. The topological polar surface area (TPSA) is 59.8 Å². The molecule has 1 N–H and O–H groups in total. The highest BCUT2D eigenvalue weighted by atomic mass is 79.9. The average molecular weight is 465 g/mol. The molecule has 3 aromatic carbocycles. The van der Waals surface area contributed by atoms with E-state index in [-0.39, 0.29) is 11.6 Å². The summed E-state index contributed by atoms with van der Waals surface area (Å²) in [6.07, 6.45) is 0. The van der Waals surface area contributed by atoms with Gasteiger partial charge >= 0.3 is 0 Å². The molecule has 150 valence electrons. The summed E-state index contributed by atoms with van der Waals surface area (Å²) >= 11 is 3.42. The van der Waals surface area contributed by atoms with Crippen molar-refractivity contribution in [3.63, 3.8) is 0 Å². The fourth-order valence-corrected chi connectivity index (χ4v) is 3.58. The van der Waals surface area contributed by atoms with Gasteiger partial charge in [-0.2, -0.15) is 0 Å². The number of rotatable bonds is 4. The molecule has 4 aromatic rings. The molecule has 30 heavy (non-hydrogen) atoms. The van der Waals surface area contributed by atoms with Crippen LogP contribution in [-0.2, 0) is 0 Å². The lowest BCUT2D eigenvalue weighted by Crippen LogP contribution is -2.15.